The molecule has 1 amide bonds. The van der Waals surface area contributed by atoms with Crippen LogP contribution in [0.1, 0.15) is 30.3 Å². The molecule has 2 aromatic heterocycles. The zero-order valence-electron chi connectivity index (χ0n) is 17.2. The van der Waals surface area contributed by atoms with Gasteiger partial charge in [-0.3, -0.25) is 4.79 Å². The van der Waals surface area contributed by atoms with Gasteiger partial charge in [-0.05, 0) is 31.9 Å². The van der Waals surface area contributed by atoms with Gasteiger partial charge < -0.3 is 15.0 Å². The third-order valence-electron chi connectivity index (χ3n) is 5.06. The first-order valence-electron chi connectivity index (χ1n) is 10.2. The highest BCUT2D eigenvalue weighted by Gasteiger charge is 2.27. The Hall–Kier alpha value is -3.33. The summed E-state index contributed by atoms with van der Waals surface area (Å²) >= 11 is 1.21. The van der Waals surface area contributed by atoms with Gasteiger partial charge in [0.2, 0.25) is 5.91 Å². The Morgan fingerprint density at radius 1 is 1.19 bits per heavy atom. The lowest BCUT2D eigenvalue weighted by Gasteiger charge is -2.32. The first kappa shape index (κ1) is 20.9. The maximum Gasteiger partial charge on any atom is 0.357 e. The van der Waals surface area contributed by atoms with Gasteiger partial charge >= 0.3 is 5.97 Å². The number of benzene rings is 1. The summed E-state index contributed by atoms with van der Waals surface area (Å²) in [6.45, 7) is 3.40. The standard InChI is InChI=1S/C22H23N5O3S/c1-2-30-21(29)18-14-31-22(23-18)24-20(28)16-9-6-12-27(13-16)19-11-10-17(25-26-19)15-7-4-3-5-8-15/h3-5,7-8,10-11,14,16H,2,6,9,12-13H2,1H3,(H,23,24,28). The SMILES string of the molecule is CCOC(=O)c1csc(NC(=O)C2CCCN(c3ccc(-c4ccccc4)nn3)C2)n1. The summed E-state index contributed by atoms with van der Waals surface area (Å²) in [5.41, 5.74) is 2.04. The molecule has 1 fully saturated rings. The smallest absolute Gasteiger partial charge is 0.357 e. The normalized spacial score (nSPS) is 16.0. The van der Waals surface area contributed by atoms with Crippen molar-refractivity contribution in [2.75, 3.05) is 29.9 Å². The highest BCUT2D eigenvalue weighted by atomic mass is 32.1. The summed E-state index contributed by atoms with van der Waals surface area (Å²) in [4.78, 5) is 30.8. The number of carbonyl (C=O) groups is 2. The second kappa shape index (κ2) is 9.65. The first-order valence-corrected chi connectivity index (χ1v) is 11.1. The van der Waals surface area contributed by atoms with Gasteiger partial charge in [0.15, 0.2) is 16.6 Å². The highest BCUT2D eigenvalue weighted by Crippen LogP contribution is 2.25. The number of ether oxygens (including phenoxy) is 1. The van der Waals surface area contributed by atoms with E-state index < -0.39 is 5.97 Å². The summed E-state index contributed by atoms with van der Waals surface area (Å²) in [7, 11) is 0. The molecule has 1 saturated heterocycles. The van der Waals surface area contributed by atoms with Crippen LogP contribution in [0, 0.1) is 5.92 Å². The van der Waals surface area contributed by atoms with E-state index in [1.165, 1.54) is 11.3 Å². The molecule has 0 radical (unpaired) electrons. The molecule has 8 nitrogen and oxygen atoms in total. The van der Waals surface area contributed by atoms with Crippen LogP contribution in [0.3, 0.4) is 0 Å². The van der Waals surface area contributed by atoms with Crippen molar-refractivity contribution in [1.82, 2.24) is 15.2 Å². The van der Waals surface area contributed by atoms with E-state index >= 15 is 0 Å². The number of hydrogen-bond donors (Lipinski definition) is 1. The van der Waals surface area contributed by atoms with Crippen molar-refractivity contribution in [2.24, 2.45) is 5.92 Å². The number of nitrogens with one attached hydrogen (secondary N) is 1. The fraction of sp³-hybridized carbons (Fsp3) is 0.318. The zero-order chi connectivity index (χ0) is 21.6. The van der Waals surface area contributed by atoms with Gasteiger partial charge in [0.1, 0.15) is 0 Å². The molecule has 0 saturated carbocycles. The van der Waals surface area contributed by atoms with E-state index in [-0.39, 0.29) is 24.1 Å². The molecule has 3 aromatic rings. The lowest BCUT2D eigenvalue weighted by Crippen LogP contribution is -2.41. The van der Waals surface area contributed by atoms with Crippen molar-refractivity contribution < 1.29 is 14.3 Å². The Balaban J connectivity index is 1.38. The molecule has 0 spiro atoms. The van der Waals surface area contributed by atoms with Crippen molar-refractivity contribution in [3.8, 4) is 11.3 Å². The third-order valence-corrected chi connectivity index (χ3v) is 5.81. The molecule has 3 heterocycles. The molecule has 0 bridgehead atoms. The number of esters is 1. The van der Waals surface area contributed by atoms with Crippen LogP contribution >= 0.6 is 11.3 Å². The van der Waals surface area contributed by atoms with Gasteiger partial charge in [0, 0.05) is 24.0 Å². The van der Waals surface area contributed by atoms with E-state index in [1.807, 2.05) is 42.5 Å². The predicted molar refractivity (Wildman–Crippen MR) is 119 cm³/mol. The Morgan fingerprint density at radius 2 is 2.03 bits per heavy atom. The van der Waals surface area contributed by atoms with Crippen LogP contribution in [0.15, 0.2) is 47.8 Å². The number of amides is 1. The minimum absolute atomic E-state index is 0.108. The largest absolute Gasteiger partial charge is 0.461 e. The van der Waals surface area contributed by atoms with Crippen molar-refractivity contribution in [3.05, 3.63) is 53.5 Å². The number of anilines is 2. The van der Waals surface area contributed by atoms with E-state index in [0.717, 1.165) is 36.5 Å². The maximum atomic E-state index is 12.8. The Morgan fingerprint density at radius 3 is 2.77 bits per heavy atom. The molecule has 1 atom stereocenters. The fourth-order valence-corrected chi connectivity index (χ4v) is 4.18. The first-order chi connectivity index (χ1) is 15.1. The van der Waals surface area contributed by atoms with Crippen molar-refractivity contribution in [1.29, 1.82) is 0 Å². The second-order valence-corrected chi connectivity index (χ2v) is 8.03. The molecule has 31 heavy (non-hydrogen) atoms. The lowest BCUT2D eigenvalue weighted by molar-refractivity contribution is -0.120. The number of hydrogen-bond acceptors (Lipinski definition) is 8. The van der Waals surface area contributed by atoms with Crippen LogP contribution < -0.4 is 10.2 Å². The average molecular weight is 438 g/mol. The van der Waals surface area contributed by atoms with Crippen LogP contribution in [-0.2, 0) is 9.53 Å². The summed E-state index contributed by atoms with van der Waals surface area (Å²) < 4.78 is 4.94. The molecule has 4 rings (SSSR count). The lowest BCUT2D eigenvalue weighted by atomic mass is 9.97. The summed E-state index contributed by atoms with van der Waals surface area (Å²) in [5, 5.41) is 13.5. The highest BCUT2D eigenvalue weighted by molar-refractivity contribution is 7.14. The number of aromatic nitrogens is 3. The fourth-order valence-electron chi connectivity index (χ4n) is 3.49. The van der Waals surface area contributed by atoms with E-state index in [9.17, 15) is 9.59 Å². The van der Waals surface area contributed by atoms with E-state index in [0.29, 0.717) is 11.7 Å². The van der Waals surface area contributed by atoms with E-state index in [1.54, 1.807) is 12.3 Å². The number of rotatable bonds is 6. The summed E-state index contributed by atoms with van der Waals surface area (Å²) in [5.74, 6) is -0.0285. The molecule has 1 aliphatic heterocycles. The van der Waals surface area contributed by atoms with Crippen LogP contribution in [-0.4, -0.2) is 46.8 Å². The molecule has 9 heteroatoms. The predicted octanol–water partition coefficient (Wildman–Crippen LogP) is 3.63. The van der Waals surface area contributed by atoms with Gasteiger partial charge in [-0.2, -0.15) is 0 Å². The van der Waals surface area contributed by atoms with Gasteiger partial charge in [0.25, 0.3) is 0 Å². The minimum Gasteiger partial charge on any atom is -0.461 e. The average Bonchev–Trinajstić information content (AvgIpc) is 3.29. The van der Waals surface area contributed by atoms with Crippen LogP contribution in [0.25, 0.3) is 11.3 Å². The van der Waals surface area contributed by atoms with E-state index in [2.05, 4.69) is 25.4 Å². The number of carbonyl (C=O) groups excluding carboxylic acids is 2. The summed E-state index contributed by atoms with van der Waals surface area (Å²) in [6, 6.07) is 13.8. The topological polar surface area (TPSA) is 97.3 Å². The Labute approximate surface area is 184 Å². The monoisotopic (exact) mass is 437 g/mol. The molecule has 1 N–H and O–H groups in total. The third kappa shape index (κ3) is 5.05. The molecule has 1 unspecified atom stereocenters. The second-order valence-electron chi connectivity index (χ2n) is 7.18. The van der Waals surface area contributed by atoms with Crippen LogP contribution in [0.2, 0.25) is 0 Å². The zero-order valence-corrected chi connectivity index (χ0v) is 18.0. The van der Waals surface area contributed by atoms with Crippen LogP contribution in [0.4, 0.5) is 10.9 Å². The quantitative estimate of drug-likeness (QED) is 0.588. The van der Waals surface area contributed by atoms with Crippen molar-refractivity contribution in [2.45, 2.75) is 19.8 Å². The molecular formula is C22H23N5O3S. The number of thiazole rings is 1. The molecule has 1 aliphatic rings. The van der Waals surface area contributed by atoms with Gasteiger partial charge in [-0.1, -0.05) is 30.3 Å². The molecular weight excluding hydrogens is 414 g/mol. The summed E-state index contributed by atoms with van der Waals surface area (Å²) in [6.07, 6.45) is 1.67. The molecule has 0 aliphatic carbocycles. The van der Waals surface area contributed by atoms with Crippen LogP contribution in [0.5, 0.6) is 0 Å². The minimum atomic E-state index is -0.486. The maximum absolute atomic E-state index is 12.8. The molecule has 160 valence electrons. The molecule has 1 aromatic carbocycles. The van der Waals surface area contributed by atoms with Gasteiger partial charge in [0.05, 0.1) is 18.2 Å². The van der Waals surface area contributed by atoms with Crippen molar-refractivity contribution in [3.63, 3.8) is 0 Å². The van der Waals surface area contributed by atoms with E-state index in [4.69, 9.17) is 4.74 Å². The van der Waals surface area contributed by atoms with Gasteiger partial charge in [-0.25, -0.2) is 9.78 Å². The Kier molecular flexibility index (Phi) is 6.51. The van der Waals surface area contributed by atoms with Gasteiger partial charge in [-0.15, -0.1) is 21.5 Å². The number of piperidine rings is 1. The van der Waals surface area contributed by atoms with Crippen molar-refractivity contribution >= 4 is 34.2 Å². The Bertz CT molecular complexity index is 1040. The number of nitrogens with zero attached hydrogens (tertiary/aromatic N) is 4.